The Balaban J connectivity index is 1.77. The summed E-state index contributed by atoms with van der Waals surface area (Å²) in [5.74, 6) is -5.73. The number of carbonyl (C=O) groups excluding carboxylic acids is 2. The minimum atomic E-state index is -1.68. The summed E-state index contributed by atoms with van der Waals surface area (Å²) in [5, 5.41) is 3.04. The third-order valence-electron chi connectivity index (χ3n) is 4.24. The summed E-state index contributed by atoms with van der Waals surface area (Å²) in [6, 6.07) is 12.3. The van der Waals surface area contributed by atoms with E-state index >= 15 is 0 Å². The summed E-state index contributed by atoms with van der Waals surface area (Å²) in [7, 11) is 0. The van der Waals surface area contributed by atoms with Crippen molar-refractivity contribution in [1.82, 2.24) is 9.88 Å². The van der Waals surface area contributed by atoms with E-state index in [1.165, 1.54) is 4.90 Å². The highest BCUT2D eigenvalue weighted by Gasteiger charge is 2.21. The summed E-state index contributed by atoms with van der Waals surface area (Å²) in [5.41, 5.74) is 0.314. The Morgan fingerprint density at radius 2 is 1.76 bits per heavy atom. The second-order valence-corrected chi connectivity index (χ2v) is 6.39. The second-order valence-electron chi connectivity index (χ2n) is 6.39. The van der Waals surface area contributed by atoms with Crippen LogP contribution in [0.1, 0.15) is 23.8 Å². The van der Waals surface area contributed by atoms with Crippen LogP contribution < -0.4 is 5.32 Å². The molecule has 1 N–H and O–H groups in total. The van der Waals surface area contributed by atoms with Gasteiger partial charge in [-0.15, -0.1) is 0 Å². The molecular formula is C21H18F3N3O2. The van der Waals surface area contributed by atoms with E-state index in [2.05, 4.69) is 10.3 Å². The average molecular weight is 401 g/mol. The van der Waals surface area contributed by atoms with Crippen molar-refractivity contribution in [3.63, 3.8) is 0 Å². The molecule has 150 valence electrons. The van der Waals surface area contributed by atoms with Gasteiger partial charge in [0.1, 0.15) is 12.2 Å². The third kappa shape index (κ3) is 4.53. The van der Waals surface area contributed by atoms with Crippen molar-refractivity contribution < 1.29 is 22.8 Å². The number of benzene rings is 2. The number of halogens is 3. The minimum absolute atomic E-state index is 0.170. The number of hydrogen-bond donors (Lipinski definition) is 1. The smallest absolute Gasteiger partial charge is 0.272 e. The summed E-state index contributed by atoms with van der Waals surface area (Å²) >= 11 is 0. The van der Waals surface area contributed by atoms with Crippen LogP contribution in [-0.4, -0.2) is 34.8 Å². The first-order chi connectivity index (χ1) is 13.9. The lowest BCUT2D eigenvalue weighted by molar-refractivity contribution is -0.116. The summed E-state index contributed by atoms with van der Waals surface area (Å²) in [4.78, 5) is 30.7. The van der Waals surface area contributed by atoms with Gasteiger partial charge in [-0.05, 0) is 30.7 Å². The van der Waals surface area contributed by atoms with Gasteiger partial charge in [0, 0.05) is 11.9 Å². The molecule has 29 heavy (non-hydrogen) atoms. The fraction of sp³-hybridized carbons (Fsp3) is 0.190. The summed E-state index contributed by atoms with van der Waals surface area (Å²) in [6.45, 7) is 1.71. The van der Waals surface area contributed by atoms with E-state index in [-0.39, 0.29) is 18.8 Å². The number of nitrogens with zero attached hydrogens (tertiary/aromatic N) is 2. The van der Waals surface area contributed by atoms with Crippen LogP contribution in [0.15, 0.2) is 48.5 Å². The highest BCUT2D eigenvalue weighted by atomic mass is 19.2. The predicted molar refractivity (Wildman–Crippen MR) is 103 cm³/mol. The number of pyridine rings is 1. The van der Waals surface area contributed by atoms with E-state index in [0.717, 1.165) is 11.5 Å². The van der Waals surface area contributed by atoms with Gasteiger partial charge in [0.2, 0.25) is 5.91 Å². The molecule has 0 radical (unpaired) electrons. The lowest BCUT2D eigenvalue weighted by Gasteiger charge is -2.21. The Morgan fingerprint density at radius 3 is 2.52 bits per heavy atom. The molecule has 0 atom stereocenters. The largest absolute Gasteiger partial charge is 0.328 e. The number of hydrogen-bond acceptors (Lipinski definition) is 3. The molecule has 0 bridgehead atoms. The van der Waals surface area contributed by atoms with Crippen molar-refractivity contribution in [3.05, 3.63) is 71.7 Å². The van der Waals surface area contributed by atoms with Crippen LogP contribution in [0.4, 0.5) is 18.9 Å². The van der Waals surface area contributed by atoms with Crippen molar-refractivity contribution in [2.75, 3.05) is 18.4 Å². The number of nitrogens with one attached hydrogen (secondary N) is 1. The van der Waals surface area contributed by atoms with E-state index in [4.69, 9.17) is 0 Å². The number of aromatic nitrogens is 1. The number of carbonyl (C=O) groups is 2. The summed E-state index contributed by atoms with van der Waals surface area (Å²) in [6.07, 6.45) is 0.576. The average Bonchev–Trinajstić information content (AvgIpc) is 2.73. The van der Waals surface area contributed by atoms with Gasteiger partial charge in [0.05, 0.1) is 11.2 Å². The van der Waals surface area contributed by atoms with Crippen LogP contribution in [0.25, 0.3) is 10.9 Å². The molecule has 3 aromatic rings. The van der Waals surface area contributed by atoms with Gasteiger partial charge in [-0.2, -0.15) is 0 Å². The van der Waals surface area contributed by atoms with E-state index in [0.29, 0.717) is 18.0 Å². The molecule has 1 aromatic heterocycles. The highest BCUT2D eigenvalue weighted by molar-refractivity contribution is 5.99. The standard InChI is InChI=1S/C21H18F3N3O2/c1-2-11-27(12-18(28)26-16-10-8-14(22)19(23)20(16)24)21(29)17-9-7-13-5-3-4-6-15(13)25-17/h3-10H,2,11-12H2,1H3,(H,26,28). The molecule has 0 saturated heterocycles. The van der Waals surface area contributed by atoms with Crippen LogP contribution >= 0.6 is 0 Å². The van der Waals surface area contributed by atoms with Crippen LogP contribution in [0.5, 0.6) is 0 Å². The lowest BCUT2D eigenvalue weighted by Crippen LogP contribution is -2.39. The van der Waals surface area contributed by atoms with Gasteiger partial charge in [-0.1, -0.05) is 31.2 Å². The summed E-state index contributed by atoms with van der Waals surface area (Å²) < 4.78 is 40.1. The van der Waals surface area contributed by atoms with Gasteiger partial charge in [-0.3, -0.25) is 9.59 Å². The quantitative estimate of drug-likeness (QED) is 0.632. The van der Waals surface area contributed by atoms with Crippen molar-refractivity contribution in [2.45, 2.75) is 13.3 Å². The zero-order valence-electron chi connectivity index (χ0n) is 15.6. The molecule has 8 heteroatoms. The Bertz CT molecular complexity index is 1070. The molecule has 3 rings (SSSR count). The molecule has 0 spiro atoms. The number of para-hydroxylation sites is 1. The van der Waals surface area contributed by atoms with Crippen LogP contribution in [-0.2, 0) is 4.79 Å². The molecule has 0 aliphatic heterocycles. The molecule has 0 fully saturated rings. The zero-order valence-corrected chi connectivity index (χ0v) is 15.6. The zero-order chi connectivity index (χ0) is 21.0. The van der Waals surface area contributed by atoms with Crippen molar-refractivity contribution in [3.8, 4) is 0 Å². The van der Waals surface area contributed by atoms with Crippen LogP contribution in [0.3, 0.4) is 0 Å². The lowest BCUT2D eigenvalue weighted by atomic mass is 10.2. The van der Waals surface area contributed by atoms with E-state index < -0.39 is 35.0 Å². The number of fused-ring (bicyclic) bond motifs is 1. The van der Waals surface area contributed by atoms with Gasteiger partial charge in [0.15, 0.2) is 17.5 Å². The van der Waals surface area contributed by atoms with Gasteiger partial charge < -0.3 is 10.2 Å². The topological polar surface area (TPSA) is 62.3 Å². The first-order valence-corrected chi connectivity index (χ1v) is 8.99. The highest BCUT2D eigenvalue weighted by Crippen LogP contribution is 2.20. The van der Waals surface area contributed by atoms with Crippen molar-refractivity contribution >= 4 is 28.4 Å². The predicted octanol–water partition coefficient (Wildman–Crippen LogP) is 4.14. The number of anilines is 1. The Morgan fingerprint density at radius 1 is 1.00 bits per heavy atom. The first kappa shape index (κ1) is 20.3. The van der Waals surface area contributed by atoms with Crippen LogP contribution in [0, 0.1) is 17.5 Å². The SMILES string of the molecule is CCCN(CC(=O)Nc1ccc(F)c(F)c1F)C(=O)c1ccc2ccccc2n1. The maximum absolute atomic E-state index is 13.8. The van der Waals surface area contributed by atoms with Gasteiger partial charge >= 0.3 is 0 Å². The van der Waals surface area contributed by atoms with Gasteiger partial charge in [0.25, 0.3) is 5.91 Å². The van der Waals surface area contributed by atoms with E-state index in [9.17, 15) is 22.8 Å². The van der Waals surface area contributed by atoms with Gasteiger partial charge in [-0.25, -0.2) is 18.2 Å². The first-order valence-electron chi connectivity index (χ1n) is 8.99. The fourth-order valence-corrected chi connectivity index (χ4v) is 2.85. The molecule has 0 saturated carbocycles. The normalized spacial score (nSPS) is 10.8. The molecule has 5 nitrogen and oxygen atoms in total. The molecule has 2 aromatic carbocycles. The molecule has 0 unspecified atom stereocenters. The molecular weight excluding hydrogens is 383 g/mol. The molecule has 0 aliphatic carbocycles. The number of amides is 2. The maximum Gasteiger partial charge on any atom is 0.272 e. The fourth-order valence-electron chi connectivity index (χ4n) is 2.85. The second kappa shape index (κ2) is 8.72. The molecule has 0 aliphatic rings. The monoisotopic (exact) mass is 401 g/mol. The number of rotatable bonds is 6. The minimum Gasteiger partial charge on any atom is -0.328 e. The van der Waals surface area contributed by atoms with Crippen molar-refractivity contribution in [2.24, 2.45) is 0 Å². The van der Waals surface area contributed by atoms with Crippen LogP contribution in [0.2, 0.25) is 0 Å². The molecule has 2 amide bonds. The Hall–Kier alpha value is -3.42. The maximum atomic E-state index is 13.8. The van der Waals surface area contributed by atoms with E-state index in [1.54, 1.807) is 24.3 Å². The van der Waals surface area contributed by atoms with E-state index in [1.807, 2.05) is 19.1 Å². The Labute approximate surface area is 165 Å². The third-order valence-corrected chi connectivity index (χ3v) is 4.24. The van der Waals surface area contributed by atoms with Crippen molar-refractivity contribution in [1.29, 1.82) is 0 Å². The molecule has 1 heterocycles. The Kier molecular flexibility index (Phi) is 6.11.